The fourth-order valence-corrected chi connectivity index (χ4v) is 0.969. The molecule has 2 N–H and O–H groups in total. The molecule has 1 aromatic rings. The van der Waals surface area contributed by atoms with Crippen LogP contribution in [0.3, 0.4) is 0 Å². The van der Waals surface area contributed by atoms with Crippen LogP contribution < -0.4 is 4.74 Å². The number of aliphatic hydroxyl groups is 2. The molecule has 1 aromatic heterocycles. The fourth-order valence-electron chi connectivity index (χ4n) is 0.969. The maximum Gasteiger partial charge on any atom is 0.213 e. The summed E-state index contributed by atoms with van der Waals surface area (Å²) in [5, 5.41) is 17.6. The fraction of sp³-hybridized carbons (Fsp3) is 0.500. The summed E-state index contributed by atoms with van der Waals surface area (Å²) in [5.41, 5.74) is 0.945. The average molecular weight is 197 g/mol. The predicted molar refractivity (Wildman–Crippen MR) is 52.2 cm³/mol. The zero-order valence-corrected chi connectivity index (χ0v) is 8.18. The molecule has 0 spiro atoms. The van der Waals surface area contributed by atoms with Gasteiger partial charge in [-0.15, -0.1) is 0 Å². The summed E-state index contributed by atoms with van der Waals surface area (Å²) in [6.07, 6.45) is 0.00168. The lowest BCUT2D eigenvalue weighted by atomic mass is 10.3. The van der Waals surface area contributed by atoms with E-state index in [0.29, 0.717) is 5.88 Å². The van der Waals surface area contributed by atoms with Crippen LogP contribution in [0.15, 0.2) is 18.2 Å². The number of pyridine rings is 1. The van der Waals surface area contributed by atoms with Crippen molar-refractivity contribution in [1.82, 2.24) is 4.98 Å². The molecule has 4 heteroatoms. The number of ether oxygens (including phenoxy) is 1. The Morgan fingerprint density at radius 2 is 2.29 bits per heavy atom. The Hall–Kier alpha value is -1.13. The van der Waals surface area contributed by atoms with E-state index in [9.17, 15) is 0 Å². The molecule has 0 fully saturated rings. The van der Waals surface area contributed by atoms with Gasteiger partial charge in [-0.2, -0.15) is 0 Å². The number of hydrogen-bond donors (Lipinski definition) is 2. The summed E-state index contributed by atoms with van der Waals surface area (Å²) < 4.78 is 5.18. The molecule has 0 aromatic carbocycles. The molecule has 14 heavy (non-hydrogen) atoms. The second kappa shape index (κ2) is 5.57. The monoisotopic (exact) mass is 197 g/mol. The van der Waals surface area contributed by atoms with Gasteiger partial charge in [0.05, 0.1) is 6.61 Å². The van der Waals surface area contributed by atoms with Gasteiger partial charge in [0.2, 0.25) is 5.88 Å². The highest BCUT2D eigenvalue weighted by atomic mass is 16.5. The second-order valence-electron chi connectivity index (χ2n) is 2.97. The summed E-state index contributed by atoms with van der Waals surface area (Å²) in [6, 6.07) is 5.49. The summed E-state index contributed by atoms with van der Waals surface area (Å²) >= 11 is 0. The number of aryl methyl sites for hydroxylation is 1. The Kier molecular flexibility index (Phi) is 4.35. The van der Waals surface area contributed by atoms with E-state index in [1.807, 2.05) is 19.1 Å². The number of aliphatic hydroxyl groups excluding tert-OH is 2. The summed E-state index contributed by atoms with van der Waals surface area (Å²) in [7, 11) is 0. The van der Waals surface area contributed by atoms with Gasteiger partial charge in [0, 0.05) is 11.8 Å². The van der Waals surface area contributed by atoms with E-state index < -0.39 is 6.10 Å². The number of hydrogen-bond acceptors (Lipinski definition) is 4. The van der Waals surface area contributed by atoms with E-state index >= 15 is 0 Å². The topological polar surface area (TPSA) is 62.6 Å². The Morgan fingerprint density at radius 1 is 1.50 bits per heavy atom. The lowest BCUT2D eigenvalue weighted by molar-refractivity contribution is 0.0520. The number of nitrogens with zero attached hydrogens (tertiary/aromatic N) is 1. The third-order valence-corrected chi connectivity index (χ3v) is 1.78. The van der Waals surface area contributed by atoms with Crippen molar-refractivity contribution in [3.05, 3.63) is 23.9 Å². The van der Waals surface area contributed by atoms with Crippen LogP contribution in [0.5, 0.6) is 5.88 Å². The zero-order valence-electron chi connectivity index (χ0n) is 8.18. The molecule has 4 nitrogen and oxygen atoms in total. The lowest BCUT2D eigenvalue weighted by Crippen LogP contribution is -2.21. The second-order valence-corrected chi connectivity index (χ2v) is 2.97. The minimum Gasteiger partial charge on any atom is -0.475 e. The maximum absolute atomic E-state index is 9.04. The van der Waals surface area contributed by atoms with E-state index in [0.717, 1.165) is 12.1 Å². The lowest BCUT2D eigenvalue weighted by Gasteiger charge is -2.09. The average Bonchev–Trinajstić information content (AvgIpc) is 2.26. The molecular weight excluding hydrogens is 182 g/mol. The molecule has 0 saturated heterocycles. The van der Waals surface area contributed by atoms with Crippen LogP contribution in [-0.2, 0) is 6.42 Å². The third-order valence-electron chi connectivity index (χ3n) is 1.78. The first-order valence-electron chi connectivity index (χ1n) is 4.64. The molecule has 0 bridgehead atoms. The van der Waals surface area contributed by atoms with Gasteiger partial charge < -0.3 is 14.9 Å². The van der Waals surface area contributed by atoms with Crippen molar-refractivity contribution >= 4 is 0 Å². The van der Waals surface area contributed by atoms with Gasteiger partial charge in [-0.25, -0.2) is 4.98 Å². The molecule has 0 aliphatic heterocycles. The molecule has 0 saturated carbocycles. The molecule has 1 atom stereocenters. The first-order chi connectivity index (χ1) is 6.76. The van der Waals surface area contributed by atoms with Crippen molar-refractivity contribution in [3.8, 4) is 5.88 Å². The first kappa shape index (κ1) is 10.9. The molecular formula is C10H15NO3. The van der Waals surface area contributed by atoms with Crippen LogP contribution in [0.2, 0.25) is 0 Å². The first-order valence-corrected chi connectivity index (χ1v) is 4.64. The van der Waals surface area contributed by atoms with Gasteiger partial charge in [-0.1, -0.05) is 13.0 Å². The smallest absolute Gasteiger partial charge is 0.213 e. The summed E-state index contributed by atoms with van der Waals surface area (Å²) in [6.45, 7) is 1.78. The molecule has 0 radical (unpaired) electrons. The minimum atomic E-state index is -0.845. The Labute approximate surface area is 83.2 Å². The van der Waals surface area contributed by atoms with Gasteiger partial charge in [-0.05, 0) is 12.5 Å². The van der Waals surface area contributed by atoms with E-state index in [1.54, 1.807) is 6.07 Å². The highest BCUT2D eigenvalue weighted by Gasteiger charge is 2.03. The molecule has 1 heterocycles. The highest BCUT2D eigenvalue weighted by molar-refractivity contribution is 5.15. The Bertz CT molecular complexity index is 278. The predicted octanol–water partition coefficient (Wildman–Crippen LogP) is 0.376. The van der Waals surface area contributed by atoms with Crippen LogP contribution in [0.25, 0.3) is 0 Å². The van der Waals surface area contributed by atoms with E-state index in [-0.39, 0.29) is 13.2 Å². The van der Waals surface area contributed by atoms with Crippen molar-refractivity contribution in [2.75, 3.05) is 13.2 Å². The van der Waals surface area contributed by atoms with Gasteiger partial charge in [-0.3, -0.25) is 0 Å². The van der Waals surface area contributed by atoms with Gasteiger partial charge in [0.1, 0.15) is 12.7 Å². The van der Waals surface area contributed by atoms with Crippen LogP contribution in [0.1, 0.15) is 12.6 Å². The van der Waals surface area contributed by atoms with Crippen molar-refractivity contribution in [2.45, 2.75) is 19.4 Å². The van der Waals surface area contributed by atoms with Crippen molar-refractivity contribution < 1.29 is 14.9 Å². The van der Waals surface area contributed by atoms with Crippen LogP contribution in [-0.4, -0.2) is 34.5 Å². The largest absolute Gasteiger partial charge is 0.475 e. The molecule has 0 aliphatic carbocycles. The van der Waals surface area contributed by atoms with Gasteiger partial charge in [0.25, 0.3) is 0 Å². The summed E-state index contributed by atoms with van der Waals surface area (Å²) in [5.74, 6) is 0.483. The van der Waals surface area contributed by atoms with Gasteiger partial charge in [0.15, 0.2) is 0 Å². The van der Waals surface area contributed by atoms with E-state index in [2.05, 4.69) is 4.98 Å². The molecule has 78 valence electrons. The molecule has 1 rings (SSSR count). The molecule has 0 aliphatic rings. The zero-order chi connectivity index (χ0) is 10.4. The third kappa shape index (κ3) is 3.32. The number of rotatable bonds is 5. The normalized spacial score (nSPS) is 12.5. The van der Waals surface area contributed by atoms with Crippen LogP contribution in [0.4, 0.5) is 0 Å². The van der Waals surface area contributed by atoms with Crippen LogP contribution in [0, 0.1) is 0 Å². The highest BCUT2D eigenvalue weighted by Crippen LogP contribution is 2.08. The molecule has 0 amide bonds. The quantitative estimate of drug-likeness (QED) is 0.716. The Balaban J connectivity index is 2.50. The van der Waals surface area contributed by atoms with E-state index in [1.165, 1.54) is 0 Å². The van der Waals surface area contributed by atoms with Crippen molar-refractivity contribution in [3.63, 3.8) is 0 Å². The Morgan fingerprint density at radius 3 is 2.93 bits per heavy atom. The van der Waals surface area contributed by atoms with Crippen molar-refractivity contribution in [1.29, 1.82) is 0 Å². The number of aromatic nitrogens is 1. The molecule has 0 unspecified atom stereocenters. The van der Waals surface area contributed by atoms with Crippen molar-refractivity contribution in [2.24, 2.45) is 0 Å². The van der Waals surface area contributed by atoms with Crippen LogP contribution >= 0.6 is 0 Å². The standard InChI is InChI=1S/C10H15NO3/c1-2-8-4-3-5-10(11-8)14-7-9(13)6-12/h3-5,9,12-13H,2,6-7H2,1H3/t9-/m0/s1. The van der Waals surface area contributed by atoms with Gasteiger partial charge >= 0.3 is 0 Å². The summed E-state index contributed by atoms with van der Waals surface area (Å²) in [4.78, 5) is 4.18. The van der Waals surface area contributed by atoms with E-state index in [4.69, 9.17) is 14.9 Å². The SMILES string of the molecule is CCc1cccc(OC[C@@H](O)CO)n1. The maximum atomic E-state index is 9.04. The minimum absolute atomic E-state index is 0.0661.